The molecule has 0 rings (SSSR count). The molecular formula is C13H29NSi. The van der Waals surface area contributed by atoms with Gasteiger partial charge in [0.05, 0.1) is 8.07 Å². The fraction of sp³-hybridized carbons (Fsp3) is 0.846. The van der Waals surface area contributed by atoms with Crippen LogP contribution >= 0.6 is 0 Å². The van der Waals surface area contributed by atoms with Crippen LogP contribution in [0.25, 0.3) is 0 Å². The Labute approximate surface area is 97.6 Å². The van der Waals surface area contributed by atoms with Crippen LogP contribution in [0.1, 0.15) is 33.6 Å². The van der Waals surface area contributed by atoms with E-state index in [0.29, 0.717) is 0 Å². The third kappa shape index (κ3) is 7.80. The number of hydrogen-bond donors (Lipinski definition) is 0. The molecule has 0 aromatic heterocycles. The first-order valence-corrected chi connectivity index (χ1v) is 9.74. The van der Waals surface area contributed by atoms with E-state index in [4.69, 9.17) is 0 Å². The van der Waals surface area contributed by atoms with Crippen LogP contribution in [0.4, 0.5) is 0 Å². The van der Waals surface area contributed by atoms with Gasteiger partial charge in [-0.1, -0.05) is 58.1 Å². The molecule has 0 amide bonds. The molecule has 0 aliphatic rings. The van der Waals surface area contributed by atoms with Crippen molar-refractivity contribution in [3.8, 4) is 0 Å². The quantitative estimate of drug-likeness (QED) is 0.568. The molecule has 0 heterocycles. The van der Waals surface area contributed by atoms with Crippen LogP contribution in [0, 0.1) is 0 Å². The van der Waals surface area contributed by atoms with E-state index < -0.39 is 8.07 Å². The lowest BCUT2D eigenvalue weighted by Gasteiger charge is -2.19. The summed E-state index contributed by atoms with van der Waals surface area (Å²) < 4.78 is 0. The monoisotopic (exact) mass is 227 g/mol. The van der Waals surface area contributed by atoms with E-state index in [1.807, 2.05) is 0 Å². The van der Waals surface area contributed by atoms with E-state index in [0.717, 1.165) is 6.54 Å². The molecule has 2 heteroatoms. The number of likely N-dealkylation sites (N-methyl/N-ethyl adjacent to an activating group) is 1. The topological polar surface area (TPSA) is 3.24 Å². The van der Waals surface area contributed by atoms with Crippen LogP contribution in [-0.2, 0) is 0 Å². The maximum atomic E-state index is 2.52. The zero-order chi connectivity index (χ0) is 11.7. The molecule has 0 fully saturated rings. The summed E-state index contributed by atoms with van der Waals surface area (Å²) in [5.74, 6) is 0. The minimum Gasteiger partial charge on any atom is -0.300 e. The smallest absolute Gasteiger partial charge is 0.0713 e. The molecule has 90 valence electrons. The summed E-state index contributed by atoms with van der Waals surface area (Å²) in [6, 6.07) is 1.42. The van der Waals surface area contributed by atoms with Crippen LogP contribution in [0.3, 0.4) is 0 Å². The molecular weight excluding hydrogens is 198 g/mol. The van der Waals surface area contributed by atoms with Crippen molar-refractivity contribution in [1.29, 1.82) is 0 Å². The highest BCUT2D eigenvalue weighted by Crippen LogP contribution is 2.12. The predicted molar refractivity (Wildman–Crippen MR) is 74.1 cm³/mol. The average Bonchev–Trinajstić information content (AvgIpc) is 2.16. The molecule has 0 aromatic rings. The van der Waals surface area contributed by atoms with Crippen LogP contribution in [-0.4, -0.2) is 32.6 Å². The third-order valence-corrected chi connectivity index (χ3v) is 5.74. The minimum absolute atomic E-state index is 1.01. The molecule has 0 unspecified atom stereocenters. The largest absolute Gasteiger partial charge is 0.300 e. The van der Waals surface area contributed by atoms with Crippen molar-refractivity contribution in [1.82, 2.24) is 4.90 Å². The molecule has 1 nitrogen and oxygen atoms in total. The van der Waals surface area contributed by atoms with E-state index in [2.05, 4.69) is 50.5 Å². The summed E-state index contributed by atoms with van der Waals surface area (Å²) in [5.41, 5.74) is 2.52. The number of rotatable bonds is 8. The second kappa shape index (κ2) is 8.11. The van der Waals surface area contributed by atoms with Crippen molar-refractivity contribution in [2.75, 3.05) is 19.6 Å². The summed E-state index contributed by atoms with van der Waals surface area (Å²) in [4.78, 5) is 2.51. The first kappa shape index (κ1) is 14.9. The second-order valence-corrected chi connectivity index (χ2v) is 9.84. The molecule has 0 saturated carbocycles. The summed E-state index contributed by atoms with van der Waals surface area (Å²) >= 11 is 0. The van der Waals surface area contributed by atoms with Gasteiger partial charge >= 0.3 is 0 Å². The van der Waals surface area contributed by atoms with E-state index in [-0.39, 0.29) is 0 Å². The summed E-state index contributed by atoms with van der Waals surface area (Å²) in [6.45, 7) is 15.3. The molecule has 15 heavy (non-hydrogen) atoms. The lowest BCUT2D eigenvalue weighted by molar-refractivity contribution is 0.320. The molecule has 0 saturated heterocycles. The van der Waals surface area contributed by atoms with Crippen molar-refractivity contribution in [3.05, 3.63) is 11.8 Å². The van der Waals surface area contributed by atoms with Gasteiger partial charge in [0.25, 0.3) is 0 Å². The van der Waals surface area contributed by atoms with E-state index >= 15 is 0 Å². The molecule has 0 aromatic carbocycles. The molecule has 0 bridgehead atoms. The summed E-state index contributed by atoms with van der Waals surface area (Å²) in [6.07, 6.45) is 4.99. The van der Waals surface area contributed by atoms with Gasteiger partial charge in [-0.15, -0.1) is 0 Å². The van der Waals surface area contributed by atoms with Crippen LogP contribution in [0.2, 0.25) is 19.1 Å². The van der Waals surface area contributed by atoms with Gasteiger partial charge < -0.3 is 0 Å². The van der Waals surface area contributed by atoms with E-state index in [9.17, 15) is 0 Å². The van der Waals surface area contributed by atoms with Gasteiger partial charge in [0.1, 0.15) is 0 Å². The second-order valence-electron chi connectivity index (χ2n) is 5.03. The van der Waals surface area contributed by atoms with Gasteiger partial charge in [-0.25, -0.2) is 0 Å². The molecule has 0 N–H and O–H groups in total. The van der Waals surface area contributed by atoms with Gasteiger partial charge in [-0.3, -0.25) is 4.90 Å². The summed E-state index contributed by atoms with van der Waals surface area (Å²) in [5, 5.41) is 0. The standard InChI is InChI=1S/C13H29NSi/c1-6-10-14(8-3)11-9-13-15(4,5)12-7-2/h9,13H,6-8,10-12H2,1-5H3. The van der Waals surface area contributed by atoms with Gasteiger partial charge in [0.15, 0.2) is 0 Å². The van der Waals surface area contributed by atoms with Crippen molar-refractivity contribution in [3.63, 3.8) is 0 Å². The highest BCUT2D eigenvalue weighted by Gasteiger charge is 2.14. The fourth-order valence-electron chi connectivity index (χ4n) is 1.94. The molecule has 0 radical (unpaired) electrons. The zero-order valence-electron chi connectivity index (χ0n) is 11.3. The third-order valence-electron chi connectivity index (χ3n) is 2.81. The molecule has 0 aliphatic carbocycles. The van der Waals surface area contributed by atoms with Crippen molar-refractivity contribution >= 4 is 8.07 Å². The Balaban J connectivity index is 3.94. The van der Waals surface area contributed by atoms with E-state index in [1.54, 1.807) is 0 Å². The van der Waals surface area contributed by atoms with Gasteiger partial charge in [0, 0.05) is 6.54 Å². The van der Waals surface area contributed by atoms with Crippen LogP contribution in [0.15, 0.2) is 11.8 Å². The van der Waals surface area contributed by atoms with Crippen molar-refractivity contribution in [2.24, 2.45) is 0 Å². The first-order valence-electron chi connectivity index (χ1n) is 6.45. The Morgan fingerprint density at radius 1 is 1.07 bits per heavy atom. The fourth-order valence-corrected chi connectivity index (χ4v) is 4.14. The zero-order valence-corrected chi connectivity index (χ0v) is 12.3. The highest BCUT2D eigenvalue weighted by atomic mass is 28.3. The van der Waals surface area contributed by atoms with Crippen molar-refractivity contribution in [2.45, 2.75) is 52.8 Å². The first-order chi connectivity index (χ1) is 7.05. The predicted octanol–water partition coefficient (Wildman–Crippen LogP) is 3.93. The Morgan fingerprint density at radius 3 is 2.20 bits per heavy atom. The highest BCUT2D eigenvalue weighted by molar-refractivity contribution is 6.82. The normalized spacial score (nSPS) is 12.9. The maximum Gasteiger partial charge on any atom is 0.0713 e. The Morgan fingerprint density at radius 2 is 1.73 bits per heavy atom. The molecule has 0 aliphatic heterocycles. The average molecular weight is 227 g/mol. The number of nitrogens with zero attached hydrogens (tertiary/aromatic N) is 1. The Hall–Kier alpha value is -0.0831. The summed E-state index contributed by atoms with van der Waals surface area (Å²) in [7, 11) is -1.01. The Kier molecular flexibility index (Phi) is 8.07. The number of hydrogen-bond acceptors (Lipinski definition) is 1. The van der Waals surface area contributed by atoms with Crippen LogP contribution < -0.4 is 0 Å². The molecule has 0 spiro atoms. The SMILES string of the molecule is CCCN(CC)CC=C[Si](C)(C)CCC. The van der Waals surface area contributed by atoms with Gasteiger partial charge in [0.2, 0.25) is 0 Å². The van der Waals surface area contributed by atoms with Crippen LogP contribution in [0.5, 0.6) is 0 Å². The lowest BCUT2D eigenvalue weighted by Crippen LogP contribution is -2.26. The van der Waals surface area contributed by atoms with E-state index in [1.165, 1.54) is 32.0 Å². The Bertz CT molecular complexity index is 175. The van der Waals surface area contributed by atoms with Gasteiger partial charge in [-0.2, -0.15) is 0 Å². The molecule has 0 atom stereocenters. The maximum absolute atomic E-state index is 2.52. The minimum atomic E-state index is -1.01. The lowest BCUT2D eigenvalue weighted by atomic mass is 10.4. The van der Waals surface area contributed by atoms with Crippen molar-refractivity contribution < 1.29 is 0 Å². The van der Waals surface area contributed by atoms with Gasteiger partial charge in [-0.05, 0) is 19.5 Å².